The van der Waals surface area contributed by atoms with Crippen molar-refractivity contribution in [3.63, 3.8) is 0 Å². The SMILES string of the molecule is COc1ccc(/C=C/C(=O)O)cc1N1CCCC1=O. The van der Waals surface area contributed by atoms with Crippen molar-refractivity contribution in [1.29, 1.82) is 0 Å². The standard InChI is InChI=1S/C14H15NO4/c1-19-12-6-4-10(5-7-14(17)18)9-11(12)15-8-2-3-13(15)16/h4-7,9H,2-3,8H2,1H3,(H,17,18)/b7-5+. The van der Waals surface area contributed by atoms with E-state index in [0.717, 1.165) is 18.1 Å². The summed E-state index contributed by atoms with van der Waals surface area (Å²) < 4.78 is 5.25. The van der Waals surface area contributed by atoms with Crippen LogP contribution in [0.15, 0.2) is 24.3 Å². The summed E-state index contributed by atoms with van der Waals surface area (Å²) in [5, 5.41) is 8.62. The van der Waals surface area contributed by atoms with Crippen molar-refractivity contribution in [2.45, 2.75) is 12.8 Å². The molecule has 1 fully saturated rings. The molecule has 1 N–H and O–H groups in total. The summed E-state index contributed by atoms with van der Waals surface area (Å²) in [6, 6.07) is 5.26. The smallest absolute Gasteiger partial charge is 0.328 e. The highest BCUT2D eigenvalue weighted by molar-refractivity contribution is 5.97. The van der Waals surface area contributed by atoms with E-state index in [9.17, 15) is 9.59 Å². The number of amides is 1. The van der Waals surface area contributed by atoms with Crippen LogP contribution in [0, 0.1) is 0 Å². The van der Waals surface area contributed by atoms with E-state index in [-0.39, 0.29) is 5.91 Å². The van der Waals surface area contributed by atoms with Gasteiger partial charge in [0.1, 0.15) is 5.75 Å². The van der Waals surface area contributed by atoms with Crippen LogP contribution in [0.1, 0.15) is 18.4 Å². The molecule has 1 amide bonds. The van der Waals surface area contributed by atoms with Crippen molar-refractivity contribution in [3.8, 4) is 5.75 Å². The quantitative estimate of drug-likeness (QED) is 0.841. The largest absolute Gasteiger partial charge is 0.495 e. The van der Waals surface area contributed by atoms with Gasteiger partial charge in [0.2, 0.25) is 5.91 Å². The van der Waals surface area contributed by atoms with E-state index in [1.54, 1.807) is 30.2 Å². The lowest BCUT2D eigenvalue weighted by molar-refractivity contribution is -0.131. The van der Waals surface area contributed by atoms with Crippen molar-refractivity contribution in [2.75, 3.05) is 18.6 Å². The first-order valence-corrected chi connectivity index (χ1v) is 6.01. The van der Waals surface area contributed by atoms with Crippen LogP contribution >= 0.6 is 0 Å². The van der Waals surface area contributed by atoms with Crippen LogP contribution in [-0.4, -0.2) is 30.6 Å². The fourth-order valence-corrected chi connectivity index (χ4v) is 2.09. The molecular weight excluding hydrogens is 246 g/mol. The fraction of sp³-hybridized carbons (Fsp3) is 0.286. The molecule has 0 aromatic heterocycles. The minimum Gasteiger partial charge on any atom is -0.495 e. The molecule has 0 bridgehead atoms. The third-order valence-corrected chi connectivity index (χ3v) is 2.99. The Morgan fingerprint density at radius 3 is 2.84 bits per heavy atom. The fourth-order valence-electron chi connectivity index (χ4n) is 2.09. The average Bonchev–Trinajstić information content (AvgIpc) is 2.82. The molecule has 5 nitrogen and oxygen atoms in total. The number of aliphatic carboxylic acids is 1. The number of hydrogen-bond donors (Lipinski definition) is 1. The summed E-state index contributed by atoms with van der Waals surface area (Å²) >= 11 is 0. The second-order valence-electron chi connectivity index (χ2n) is 4.25. The number of benzene rings is 1. The van der Waals surface area contributed by atoms with Gasteiger partial charge in [-0.15, -0.1) is 0 Å². The van der Waals surface area contributed by atoms with E-state index in [2.05, 4.69) is 0 Å². The number of nitrogens with zero attached hydrogens (tertiary/aromatic N) is 1. The number of rotatable bonds is 4. The zero-order valence-corrected chi connectivity index (χ0v) is 10.6. The Balaban J connectivity index is 2.36. The van der Waals surface area contributed by atoms with Gasteiger partial charge in [0.15, 0.2) is 0 Å². The molecule has 2 rings (SSSR count). The van der Waals surface area contributed by atoms with Gasteiger partial charge in [0.25, 0.3) is 0 Å². The summed E-state index contributed by atoms with van der Waals surface area (Å²) in [6.45, 7) is 0.668. The highest BCUT2D eigenvalue weighted by Gasteiger charge is 2.24. The molecule has 1 aliphatic rings. The van der Waals surface area contributed by atoms with Crippen molar-refractivity contribution in [1.82, 2.24) is 0 Å². The number of carbonyl (C=O) groups excluding carboxylic acids is 1. The monoisotopic (exact) mass is 261 g/mol. The molecule has 100 valence electrons. The van der Waals surface area contributed by atoms with Crippen molar-refractivity contribution in [3.05, 3.63) is 29.8 Å². The van der Waals surface area contributed by atoms with Crippen LogP contribution in [0.25, 0.3) is 6.08 Å². The number of methoxy groups -OCH3 is 1. The molecule has 0 aliphatic carbocycles. The van der Waals surface area contributed by atoms with E-state index < -0.39 is 5.97 Å². The second-order valence-corrected chi connectivity index (χ2v) is 4.25. The lowest BCUT2D eigenvalue weighted by Gasteiger charge is -2.19. The van der Waals surface area contributed by atoms with Crippen LogP contribution in [0.2, 0.25) is 0 Å². The third-order valence-electron chi connectivity index (χ3n) is 2.99. The highest BCUT2D eigenvalue weighted by Crippen LogP contribution is 2.32. The maximum Gasteiger partial charge on any atom is 0.328 e. The van der Waals surface area contributed by atoms with Gasteiger partial charge in [-0.05, 0) is 30.2 Å². The Bertz CT molecular complexity index is 536. The summed E-state index contributed by atoms with van der Waals surface area (Å²) in [5.41, 5.74) is 1.41. The molecule has 5 heteroatoms. The van der Waals surface area contributed by atoms with Gasteiger partial charge < -0.3 is 14.7 Å². The Morgan fingerprint density at radius 1 is 1.47 bits per heavy atom. The summed E-state index contributed by atoms with van der Waals surface area (Å²) in [7, 11) is 1.55. The third kappa shape index (κ3) is 2.93. The number of ether oxygens (including phenoxy) is 1. The van der Waals surface area contributed by atoms with E-state index in [0.29, 0.717) is 24.4 Å². The molecule has 0 saturated carbocycles. The molecule has 0 spiro atoms. The van der Waals surface area contributed by atoms with Gasteiger partial charge in [-0.25, -0.2) is 4.79 Å². The molecular formula is C14H15NO4. The summed E-state index contributed by atoms with van der Waals surface area (Å²) in [6.07, 6.45) is 3.93. The molecule has 0 unspecified atom stereocenters. The van der Waals surface area contributed by atoms with Crippen LogP contribution in [0.4, 0.5) is 5.69 Å². The average molecular weight is 261 g/mol. The predicted molar refractivity (Wildman–Crippen MR) is 71.3 cm³/mol. The minimum atomic E-state index is -1.00. The van der Waals surface area contributed by atoms with Crippen molar-refractivity contribution < 1.29 is 19.4 Å². The van der Waals surface area contributed by atoms with Crippen LogP contribution < -0.4 is 9.64 Å². The molecule has 1 aromatic rings. The maximum absolute atomic E-state index is 11.8. The van der Waals surface area contributed by atoms with E-state index in [1.807, 2.05) is 0 Å². The number of hydrogen-bond acceptors (Lipinski definition) is 3. The lowest BCUT2D eigenvalue weighted by atomic mass is 10.1. The Kier molecular flexibility index (Phi) is 3.85. The first kappa shape index (κ1) is 13.1. The Morgan fingerprint density at radius 2 is 2.26 bits per heavy atom. The molecule has 1 heterocycles. The molecule has 0 radical (unpaired) electrons. The van der Waals surface area contributed by atoms with Crippen molar-refractivity contribution >= 4 is 23.6 Å². The van der Waals surface area contributed by atoms with E-state index >= 15 is 0 Å². The summed E-state index contributed by atoms with van der Waals surface area (Å²) in [4.78, 5) is 24.0. The molecule has 19 heavy (non-hydrogen) atoms. The van der Waals surface area contributed by atoms with Crippen LogP contribution in [-0.2, 0) is 9.59 Å². The Labute approximate surface area is 111 Å². The van der Waals surface area contributed by atoms with Gasteiger partial charge in [-0.1, -0.05) is 6.07 Å². The minimum absolute atomic E-state index is 0.0673. The number of carboxylic acid groups (broad SMARTS) is 1. The van der Waals surface area contributed by atoms with Gasteiger partial charge in [-0.3, -0.25) is 4.79 Å². The maximum atomic E-state index is 11.8. The molecule has 0 atom stereocenters. The first-order valence-electron chi connectivity index (χ1n) is 6.01. The van der Waals surface area contributed by atoms with Crippen LogP contribution in [0.3, 0.4) is 0 Å². The molecule has 1 saturated heterocycles. The number of carboxylic acids is 1. The van der Waals surface area contributed by atoms with Crippen molar-refractivity contribution in [2.24, 2.45) is 0 Å². The van der Waals surface area contributed by atoms with Crippen LogP contribution in [0.5, 0.6) is 5.75 Å². The topological polar surface area (TPSA) is 66.8 Å². The van der Waals surface area contributed by atoms with E-state index in [1.165, 1.54) is 6.08 Å². The lowest BCUT2D eigenvalue weighted by Crippen LogP contribution is -2.24. The highest BCUT2D eigenvalue weighted by atomic mass is 16.5. The summed E-state index contributed by atoms with van der Waals surface area (Å²) in [5.74, 6) is -0.324. The van der Waals surface area contributed by atoms with Gasteiger partial charge >= 0.3 is 5.97 Å². The second kappa shape index (κ2) is 5.56. The molecule has 1 aliphatic heterocycles. The van der Waals surface area contributed by atoms with E-state index in [4.69, 9.17) is 9.84 Å². The predicted octanol–water partition coefficient (Wildman–Crippen LogP) is 1.92. The van der Waals surface area contributed by atoms with Gasteiger partial charge in [-0.2, -0.15) is 0 Å². The van der Waals surface area contributed by atoms with Gasteiger partial charge in [0, 0.05) is 19.0 Å². The zero-order chi connectivity index (χ0) is 13.8. The molecule has 1 aromatic carbocycles. The number of anilines is 1. The number of carbonyl (C=O) groups is 2. The Hall–Kier alpha value is -2.30. The van der Waals surface area contributed by atoms with Gasteiger partial charge in [0.05, 0.1) is 12.8 Å². The normalized spacial score (nSPS) is 15.2. The zero-order valence-electron chi connectivity index (χ0n) is 10.6. The first-order chi connectivity index (χ1) is 9.11.